The standard InChI is InChI=1S/C13H17NO3/c1-16-9-13(15)14-10-17-8-12(14)7-11-5-3-2-4-6-11/h2-6,12H,7-10H2,1H3/t12-/m0/s1. The predicted molar refractivity (Wildman–Crippen MR) is 63.5 cm³/mol. The highest BCUT2D eigenvalue weighted by Gasteiger charge is 2.29. The van der Waals surface area contributed by atoms with Gasteiger partial charge in [0.05, 0.1) is 12.6 Å². The molecule has 1 saturated heterocycles. The molecular weight excluding hydrogens is 218 g/mol. The maximum Gasteiger partial charge on any atom is 0.250 e. The van der Waals surface area contributed by atoms with Gasteiger partial charge in [-0.3, -0.25) is 4.79 Å². The molecule has 0 aromatic heterocycles. The second-order valence-corrected chi connectivity index (χ2v) is 4.14. The molecule has 4 nitrogen and oxygen atoms in total. The van der Waals surface area contributed by atoms with Crippen LogP contribution in [0.3, 0.4) is 0 Å². The zero-order chi connectivity index (χ0) is 12.1. The number of ether oxygens (including phenoxy) is 2. The first kappa shape index (κ1) is 12.1. The van der Waals surface area contributed by atoms with E-state index in [-0.39, 0.29) is 18.6 Å². The van der Waals surface area contributed by atoms with Gasteiger partial charge in [0.15, 0.2) is 0 Å². The summed E-state index contributed by atoms with van der Waals surface area (Å²) in [5.41, 5.74) is 1.22. The molecule has 0 unspecified atom stereocenters. The summed E-state index contributed by atoms with van der Waals surface area (Å²) in [5, 5.41) is 0. The Kier molecular flexibility index (Phi) is 4.12. The molecule has 2 rings (SSSR count). The van der Waals surface area contributed by atoms with Gasteiger partial charge in [0.1, 0.15) is 13.3 Å². The summed E-state index contributed by atoms with van der Waals surface area (Å²) in [5.74, 6) is -0.00840. The molecule has 0 radical (unpaired) electrons. The molecule has 1 aliphatic heterocycles. The molecule has 1 atom stereocenters. The minimum atomic E-state index is -0.00840. The van der Waals surface area contributed by atoms with Gasteiger partial charge in [-0.25, -0.2) is 0 Å². The Balaban J connectivity index is 1.98. The van der Waals surface area contributed by atoms with Crippen LogP contribution >= 0.6 is 0 Å². The fraction of sp³-hybridized carbons (Fsp3) is 0.462. The summed E-state index contributed by atoms with van der Waals surface area (Å²) in [6.07, 6.45) is 0.830. The van der Waals surface area contributed by atoms with Gasteiger partial charge in [0, 0.05) is 7.11 Å². The number of amides is 1. The van der Waals surface area contributed by atoms with Crippen LogP contribution in [0.2, 0.25) is 0 Å². The lowest BCUT2D eigenvalue weighted by molar-refractivity contribution is -0.137. The number of nitrogens with zero attached hydrogens (tertiary/aromatic N) is 1. The Morgan fingerprint density at radius 3 is 2.94 bits per heavy atom. The van der Waals surface area contributed by atoms with Crippen molar-refractivity contribution in [1.82, 2.24) is 4.90 Å². The van der Waals surface area contributed by atoms with E-state index in [1.165, 1.54) is 12.7 Å². The maximum atomic E-state index is 11.8. The molecule has 1 amide bonds. The fourth-order valence-electron chi connectivity index (χ4n) is 2.02. The Bertz CT molecular complexity index is 366. The van der Waals surface area contributed by atoms with E-state index in [0.717, 1.165) is 6.42 Å². The molecular formula is C13H17NO3. The van der Waals surface area contributed by atoms with Crippen molar-refractivity contribution in [3.63, 3.8) is 0 Å². The molecule has 0 saturated carbocycles. The van der Waals surface area contributed by atoms with E-state index in [9.17, 15) is 4.79 Å². The van der Waals surface area contributed by atoms with Gasteiger partial charge in [-0.05, 0) is 12.0 Å². The molecule has 1 aliphatic rings. The number of benzene rings is 1. The highest BCUT2D eigenvalue weighted by molar-refractivity contribution is 5.77. The van der Waals surface area contributed by atoms with Crippen molar-refractivity contribution < 1.29 is 14.3 Å². The van der Waals surface area contributed by atoms with Crippen LogP contribution in [0.5, 0.6) is 0 Å². The van der Waals surface area contributed by atoms with Crippen LogP contribution in [-0.2, 0) is 20.7 Å². The Labute approximate surface area is 101 Å². The highest BCUT2D eigenvalue weighted by atomic mass is 16.5. The third-order valence-corrected chi connectivity index (χ3v) is 2.88. The van der Waals surface area contributed by atoms with Crippen molar-refractivity contribution in [2.24, 2.45) is 0 Å². The molecule has 0 bridgehead atoms. The molecule has 0 aliphatic carbocycles. The minimum Gasteiger partial charge on any atom is -0.375 e. The zero-order valence-corrected chi connectivity index (χ0v) is 9.96. The first-order valence-corrected chi connectivity index (χ1v) is 5.71. The number of methoxy groups -OCH3 is 1. The lowest BCUT2D eigenvalue weighted by atomic mass is 10.1. The summed E-state index contributed by atoms with van der Waals surface area (Å²) in [6.45, 7) is 1.10. The maximum absolute atomic E-state index is 11.8. The molecule has 4 heteroatoms. The molecule has 1 fully saturated rings. The van der Waals surface area contributed by atoms with Gasteiger partial charge in [-0.2, -0.15) is 0 Å². The monoisotopic (exact) mass is 235 g/mol. The highest BCUT2D eigenvalue weighted by Crippen LogP contribution is 2.15. The summed E-state index contributed by atoms with van der Waals surface area (Å²) in [4.78, 5) is 13.5. The van der Waals surface area contributed by atoms with Gasteiger partial charge >= 0.3 is 0 Å². The van der Waals surface area contributed by atoms with Crippen LogP contribution < -0.4 is 0 Å². The van der Waals surface area contributed by atoms with Crippen LogP contribution in [0.1, 0.15) is 5.56 Å². The molecule has 1 aromatic carbocycles. The number of hydrogen-bond donors (Lipinski definition) is 0. The number of hydrogen-bond acceptors (Lipinski definition) is 3. The lowest BCUT2D eigenvalue weighted by Gasteiger charge is -2.22. The van der Waals surface area contributed by atoms with Gasteiger partial charge in [-0.1, -0.05) is 30.3 Å². The smallest absolute Gasteiger partial charge is 0.250 e. The second-order valence-electron chi connectivity index (χ2n) is 4.14. The normalized spacial score (nSPS) is 19.6. The van der Waals surface area contributed by atoms with Crippen molar-refractivity contribution in [3.8, 4) is 0 Å². The van der Waals surface area contributed by atoms with Gasteiger partial charge < -0.3 is 14.4 Å². The number of carbonyl (C=O) groups excluding carboxylic acids is 1. The molecule has 0 N–H and O–H groups in total. The minimum absolute atomic E-state index is 0.00840. The Hall–Kier alpha value is -1.39. The quantitative estimate of drug-likeness (QED) is 0.783. The largest absolute Gasteiger partial charge is 0.375 e. The third kappa shape index (κ3) is 3.05. The number of carbonyl (C=O) groups is 1. The first-order valence-electron chi connectivity index (χ1n) is 5.71. The van der Waals surface area contributed by atoms with Crippen molar-refractivity contribution in [3.05, 3.63) is 35.9 Å². The summed E-state index contributed by atoms with van der Waals surface area (Å²) < 4.78 is 10.2. The van der Waals surface area contributed by atoms with Crippen LogP contribution in [0.4, 0.5) is 0 Å². The van der Waals surface area contributed by atoms with Crippen LogP contribution in [-0.4, -0.2) is 43.9 Å². The van der Waals surface area contributed by atoms with Crippen molar-refractivity contribution >= 4 is 5.91 Å². The molecule has 17 heavy (non-hydrogen) atoms. The van der Waals surface area contributed by atoms with E-state index in [1.807, 2.05) is 18.2 Å². The number of rotatable bonds is 4. The predicted octanol–water partition coefficient (Wildman–Crippen LogP) is 1.06. The molecule has 1 heterocycles. The summed E-state index contributed by atoms with van der Waals surface area (Å²) >= 11 is 0. The van der Waals surface area contributed by atoms with E-state index in [0.29, 0.717) is 13.3 Å². The molecule has 0 spiro atoms. The van der Waals surface area contributed by atoms with E-state index in [4.69, 9.17) is 9.47 Å². The van der Waals surface area contributed by atoms with E-state index in [2.05, 4.69) is 12.1 Å². The van der Waals surface area contributed by atoms with E-state index in [1.54, 1.807) is 4.90 Å². The van der Waals surface area contributed by atoms with Crippen LogP contribution in [0.15, 0.2) is 30.3 Å². The average molecular weight is 235 g/mol. The van der Waals surface area contributed by atoms with Crippen LogP contribution in [0.25, 0.3) is 0 Å². The van der Waals surface area contributed by atoms with Crippen LogP contribution in [0, 0.1) is 0 Å². The molecule has 92 valence electrons. The van der Waals surface area contributed by atoms with Gasteiger partial charge in [0.2, 0.25) is 0 Å². The van der Waals surface area contributed by atoms with Gasteiger partial charge in [0.25, 0.3) is 5.91 Å². The first-order chi connectivity index (χ1) is 8.31. The topological polar surface area (TPSA) is 38.8 Å². The summed E-state index contributed by atoms with van der Waals surface area (Å²) in [6, 6.07) is 10.3. The Morgan fingerprint density at radius 2 is 2.24 bits per heavy atom. The van der Waals surface area contributed by atoms with Crippen molar-refractivity contribution in [2.45, 2.75) is 12.5 Å². The third-order valence-electron chi connectivity index (χ3n) is 2.88. The van der Waals surface area contributed by atoms with E-state index < -0.39 is 0 Å². The van der Waals surface area contributed by atoms with Crippen molar-refractivity contribution in [2.75, 3.05) is 27.1 Å². The lowest BCUT2D eigenvalue weighted by Crippen LogP contribution is -2.39. The zero-order valence-electron chi connectivity index (χ0n) is 9.96. The fourth-order valence-corrected chi connectivity index (χ4v) is 2.02. The second kappa shape index (κ2) is 5.80. The SMILES string of the molecule is COCC(=O)N1COC[C@@H]1Cc1ccccc1. The van der Waals surface area contributed by atoms with Crippen molar-refractivity contribution in [1.29, 1.82) is 0 Å². The van der Waals surface area contributed by atoms with E-state index >= 15 is 0 Å². The summed E-state index contributed by atoms with van der Waals surface area (Å²) in [7, 11) is 1.53. The Morgan fingerprint density at radius 1 is 1.47 bits per heavy atom. The van der Waals surface area contributed by atoms with Gasteiger partial charge in [-0.15, -0.1) is 0 Å². The molecule has 1 aromatic rings. The average Bonchev–Trinajstić information content (AvgIpc) is 2.79.